The van der Waals surface area contributed by atoms with Crippen LogP contribution in [0.1, 0.15) is 10.4 Å². The number of aromatic nitrogens is 2. The van der Waals surface area contributed by atoms with Crippen molar-refractivity contribution in [1.82, 2.24) is 9.13 Å². The predicted molar refractivity (Wildman–Crippen MR) is 97.3 cm³/mol. The first-order chi connectivity index (χ1) is 12.5. The standard InChI is InChI=1S/C19H18N2O5/c1-20-14-7-5-4-6-13(14)18(23)21(19(20)24)11-15(22)12-8-9-16(25-2)17(10-12)26-3/h4-10H,11H2,1-3H3. The molecule has 0 saturated heterocycles. The molecule has 0 aliphatic rings. The van der Waals surface area contributed by atoms with E-state index in [1.807, 2.05) is 0 Å². The zero-order valence-corrected chi connectivity index (χ0v) is 14.7. The number of carbonyl (C=O) groups is 1. The summed E-state index contributed by atoms with van der Waals surface area (Å²) < 4.78 is 12.6. The zero-order valence-electron chi connectivity index (χ0n) is 14.7. The monoisotopic (exact) mass is 354 g/mol. The molecule has 0 bridgehead atoms. The van der Waals surface area contributed by atoms with Crippen LogP contribution in [0, 0.1) is 0 Å². The Morgan fingerprint density at radius 1 is 1.00 bits per heavy atom. The van der Waals surface area contributed by atoms with E-state index in [2.05, 4.69) is 0 Å². The van der Waals surface area contributed by atoms with Crippen molar-refractivity contribution in [3.63, 3.8) is 0 Å². The first-order valence-electron chi connectivity index (χ1n) is 7.91. The molecule has 0 aliphatic carbocycles. The molecule has 3 aromatic rings. The van der Waals surface area contributed by atoms with Gasteiger partial charge >= 0.3 is 5.69 Å². The Hall–Kier alpha value is -3.35. The lowest BCUT2D eigenvalue weighted by atomic mass is 10.1. The molecule has 26 heavy (non-hydrogen) atoms. The molecule has 0 atom stereocenters. The van der Waals surface area contributed by atoms with Crippen molar-refractivity contribution < 1.29 is 14.3 Å². The van der Waals surface area contributed by atoms with Crippen LogP contribution in [0.4, 0.5) is 0 Å². The number of ether oxygens (including phenoxy) is 2. The zero-order chi connectivity index (χ0) is 18.8. The highest BCUT2D eigenvalue weighted by Crippen LogP contribution is 2.27. The third-order valence-electron chi connectivity index (χ3n) is 4.27. The van der Waals surface area contributed by atoms with Gasteiger partial charge in [-0.05, 0) is 30.3 Å². The highest BCUT2D eigenvalue weighted by molar-refractivity contribution is 5.96. The van der Waals surface area contributed by atoms with Gasteiger partial charge in [0.25, 0.3) is 5.56 Å². The number of Topliss-reactive ketones (excluding diaryl/α,β-unsaturated/α-hetero) is 1. The van der Waals surface area contributed by atoms with Crippen LogP contribution in [0.2, 0.25) is 0 Å². The van der Waals surface area contributed by atoms with Crippen molar-refractivity contribution in [3.8, 4) is 11.5 Å². The van der Waals surface area contributed by atoms with Crippen LogP contribution in [0.3, 0.4) is 0 Å². The minimum atomic E-state index is -0.539. The predicted octanol–water partition coefficient (Wildman–Crippen LogP) is 1.60. The topological polar surface area (TPSA) is 79.5 Å². The molecule has 0 N–H and O–H groups in total. The second-order valence-electron chi connectivity index (χ2n) is 5.74. The van der Waals surface area contributed by atoms with Gasteiger partial charge in [-0.2, -0.15) is 0 Å². The Labute approximate surface area is 149 Å². The average Bonchev–Trinajstić information content (AvgIpc) is 2.68. The number of benzene rings is 2. The van der Waals surface area contributed by atoms with Crippen LogP contribution in [0.15, 0.2) is 52.1 Å². The van der Waals surface area contributed by atoms with E-state index in [4.69, 9.17) is 9.47 Å². The largest absolute Gasteiger partial charge is 0.493 e. The van der Waals surface area contributed by atoms with Gasteiger partial charge < -0.3 is 9.47 Å². The number of para-hydroxylation sites is 1. The van der Waals surface area contributed by atoms with E-state index < -0.39 is 11.2 Å². The summed E-state index contributed by atoms with van der Waals surface area (Å²) in [7, 11) is 4.54. The molecule has 1 heterocycles. The van der Waals surface area contributed by atoms with Crippen LogP contribution in [0.25, 0.3) is 10.9 Å². The minimum absolute atomic E-state index is 0.324. The number of ketones is 1. The molecule has 0 aliphatic heterocycles. The highest BCUT2D eigenvalue weighted by atomic mass is 16.5. The van der Waals surface area contributed by atoms with E-state index in [1.165, 1.54) is 24.9 Å². The summed E-state index contributed by atoms with van der Waals surface area (Å²) in [6, 6.07) is 11.5. The second kappa shape index (κ2) is 6.87. The first kappa shape index (κ1) is 17.5. The molecule has 0 unspecified atom stereocenters. The van der Waals surface area contributed by atoms with Gasteiger partial charge in [-0.25, -0.2) is 4.79 Å². The number of carbonyl (C=O) groups excluding carboxylic acids is 1. The Kier molecular flexibility index (Phi) is 4.62. The van der Waals surface area contributed by atoms with Gasteiger partial charge in [0, 0.05) is 12.6 Å². The number of nitrogens with zero attached hydrogens (tertiary/aromatic N) is 2. The van der Waals surface area contributed by atoms with E-state index in [0.717, 1.165) is 4.57 Å². The minimum Gasteiger partial charge on any atom is -0.493 e. The molecule has 3 rings (SSSR count). The van der Waals surface area contributed by atoms with Crippen molar-refractivity contribution in [2.75, 3.05) is 14.2 Å². The fourth-order valence-electron chi connectivity index (χ4n) is 2.85. The van der Waals surface area contributed by atoms with Gasteiger partial charge in [0.1, 0.15) is 0 Å². The fraction of sp³-hybridized carbons (Fsp3) is 0.211. The van der Waals surface area contributed by atoms with Crippen LogP contribution in [-0.2, 0) is 13.6 Å². The first-order valence-corrected chi connectivity index (χ1v) is 7.91. The molecule has 0 radical (unpaired) electrons. The normalized spacial score (nSPS) is 10.7. The van der Waals surface area contributed by atoms with Gasteiger partial charge in [-0.15, -0.1) is 0 Å². The summed E-state index contributed by atoms with van der Waals surface area (Å²) in [5, 5.41) is 0.384. The lowest BCUT2D eigenvalue weighted by Crippen LogP contribution is -2.40. The van der Waals surface area contributed by atoms with Crippen molar-refractivity contribution in [2.24, 2.45) is 7.05 Å². The average molecular weight is 354 g/mol. The lowest BCUT2D eigenvalue weighted by molar-refractivity contribution is 0.0968. The maximum absolute atomic E-state index is 12.6. The van der Waals surface area contributed by atoms with Gasteiger partial charge in [-0.3, -0.25) is 18.7 Å². The van der Waals surface area contributed by atoms with Gasteiger partial charge in [-0.1, -0.05) is 12.1 Å². The molecule has 0 saturated carbocycles. The molecule has 0 fully saturated rings. The summed E-state index contributed by atoms with van der Waals surface area (Å²) in [4.78, 5) is 37.8. The molecular weight excluding hydrogens is 336 g/mol. The van der Waals surface area contributed by atoms with Crippen LogP contribution >= 0.6 is 0 Å². The maximum atomic E-state index is 12.6. The Morgan fingerprint density at radius 2 is 1.69 bits per heavy atom. The SMILES string of the molecule is COc1ccc(C(=O)Cn2c(=O)c3ccccc3n(C)c2=O)cc1OC. The van der Waals surface area contributed by atoms with Crippen LogP contribution in [0.5, 0.6) is 11.5 Å². The van der Waals surface area contributed by atoms with E-state index in [0.29, 0.717) is 28.0 Å². The lowest BCUT2D eigenvalue weighted by Gasteiger charge is -2.11. The van der Waals surface area contributed by atoms with E-state index in [9.17, 15) is 14.4 Å². The quantitative estimate of drug-likeness (QED) is 0.650. The summed E-state index contributed by atoms with van der Waals surface area (Å²) in [5.74, 6) is 0.514. The molecule has 0 amide bonds. The van der Waals surface area contributed by atoms with Crippen molar-refractivity contribution in [3.05, 3.63) is 68.9 Å². The Balaban J connectivity index is 2.06. The maximum Gasteiger partial charge on any atom is 0.331 e. The number of hydrogen-bond acceptors (Lipinski definition) is 5. The van der Waals surface area contributed by atoms with Crippen molar-refractivity contribution >= 4 is 16.7 Å². The third-order valence-corrected chi connectivity index (χ3v) is 4.27. The van der Waals surface area contributed by atoms with Gasteiger partial charge in [0.2, 0.25) is 0 Å². The summed E-state index contributed by atoms with van der Waals surface area (Å²) in [6.45, 7) is -0.355. The van der Waals surface area contributed by atoms with E-state index >= 15 is 0 Å². The smallest absolute Gasteiger partial charge is 0.331 e. The molecule has 134 valence electrons. The third kappa shape index (κ3) is 2.88. The molecule has 2 aromatic carbocycles. The molecule has 7 heteroatoms. The van der Waals surface area contributed by atoms with E-state index in [1.54, 1.807) is 43.4 Å². The molecule has 1 aromatic heterocycles. The summed E-state index contributed by atoms with van der Waals surface area (Å²) in [6.07, 6.45) is 0. The van der Waals surface area contributed by atoms with Gasteiger partial charge in [0.05, 0.1) is 31.7 Å². The van der Waals surface area contributed by atoms with Crippen molar-refractivity contribution in [2.45, 2.75) is 6.54 Å². The molecular formula is C19H18N2O5. The van der Waals surface area contributed by atoms with Crippen LogP contribution in [-0.4, -0.2) is 29.1 Å². The number of fused-ring (bicyclic) bond motifs is 1. The second-order valence-corrected chi connectivity index (χ2v) is 5.74. The number of methoxy groups -OCH3 is 2. The van der Waals surface area contributed by atoms with Gasteiger partial charge in [0.15, 0.2) is 17.3 Å². The van der Waals surface area contributed by atoms with E-state index in [-0.39, 0.29) is 12.3 Å². The van der Waals surface area contributed by atoms with Crippen LogP contribution < -0.4 is 20.7 Å². The Bertz CT molecular complexity index is 1110. The number of hydrogen-bond donors (Lipinski definition) is 0. The molecule has 0 spiro atoms. The number of aryl methyl sites for hydroxylation is 1. The number of rotatable bonds is 5. The Morgan fingerprint density at radius 3 is 2.38 bits per heavy atom. The summed E-state index contributed by atoms with van der Waals surface area (Å²) in [5.41, 5.74) is -0.179. The molecule has 7 nitrogen and oxygen atoms in total. The summed E-state index contributed by atoms with van der Waals surface area (Å²) >= 11 is 0. The fourth-order valence-corrected chi connectivity index (χ4v) is 2.85. The highest BCUT2D eigenvalue weighted by Gasteiger charge is 2.16. The van der Waals surface area contributed by atoms with Crippen molar-refractivity contribution in [1.29, 1.82) is 0 Å².